The van der Waals surface area contributed by atoms with Crippen LogP contribution in [0.2, 0.25) is 0 Å². The summed E-state index contributed by atoms with van der Waals surface area (Å²) in [5, 5.41) is 0. The molecule has 0 radical (unpaired) electrons. The highest BCUT2D eigenvalue weighted by Crippen LogP contribution is 2.42. The molecular weight excluding hydrogens is 384 g/mol. The summed E-state index contributed by atoms with van der Waals surface area (Å²) in [5.41, 5.74) is 4.64. The Hall–Kier alpha value is -2.07. The Labute approximate surface area is 175 Å². The zero-order valence-corrected chi connectivity index (χ0v) is 17.1. The van der Waals surface area contributed by atoms with E-state index in [1.54, 1.807) is 11.8 Å². The molecule has 0 saturated heterocycles. The van der Waals surface area contributed by atoms with E-state index in [1.165, 1.54) is 11.1 Å². The first kappa shape index (κ1) is 18.3. The largest absolute Gasteiger partial charge is 0.142 e. The van der Waals surface area contributed by atoms with Crippen molar-refractivity contribution in [2.75, 3.05) is 0 Å². The highest BCUT2D eigenvalue weighted by atomic mass is 32.2. The molecule has 0 N–H and O–H groups in total. The molecule has 0 aliphatic carbocycles. The average molecular weight is 403 g/mol. The molecule has 0 saturated carbocycles. The Kier molecular flexibility index (Phi) is 5.63. The van der Waals surface area contributed by atoms with E-state index in [0.717, 1.165) is 30.7 Å². The Morgan fingerprint density at radius 3 is 1.26 bits per heavy atom. The maximum Gasteiger partial charge on any atom is 0.0262 e. The minimum atomic E-state index is 0.992. The summed E-state index contributed by atoms with van der Waals surface area (Å²) in [4.78, 5) is 4.23. The Bertz CT molecular complexity index is 970. The van der Waals surface area contributed by atoms with Gasteiger partial charge in [-0.2, -0.15) is 0 Å². The zero-order valence-electron chi connectivity index (χ0n) is 14.5. The normalized spacial score (nSPS) is 10.7. The van der Waals surface area contributed by atoms with Gasteiger partial charge in [-0.3, -0.25) is 0 Å². The highest BCUT2D eigenvalue weighted by Gasteiger charge is 2.12. The monoisotopic (exact) mass is 402 g/mol. The molecule has 0 heterocycles. The summed E-state index contributed by atoms with van der Waals surface area (Å²) in [6.45, 7) is 0. The van der Waals surface area contributed by atoms with Gasteiger partial charge in [0.15, 0.2) is 0 Å². The van der Waals surface area contributed by atoms with Gasteiger partial charge in [0.2, 0.25) is 0 Å². The Morgan fingerprint density at radius 1 is 0.444 bits per heavy atom. The third kappa shape index (κ3) is 3.96. The molecule has 3 heteroatoms. The quantitative estimate of drug-likeness (QED) is 0.329. The van der Waals surface area contributed by atoms with Crippen LogP contribution in [0.25, 0.3) is 22.3 Å². The number of hydrogen-bond donors (Lipinski definition) is 2. The standard InChI is InChI=1S/C24H18S3/c25-23-19(17-9-3-1-4-10-17)13-7-15-21(23)27-22-16-8-14-20(24(22)26)18-11-5-2-6-12-18/h1-16,25-26H. The van der Waals surface area contributed by atoms with Gasteiger partial charge in [0.05, 0.1) is 0 Å². The van der Waals surface area contributed by atoms with Crippen molar-refractivity contribution in [1.29, 1.82) is 0 Å². The van der Waals surface area contributed by atoms with Gasteiger partial charge in [-0.1, -0.05) is 96.7 Å². The Morgan fingerprint density at radius 2 is 0.852 bits per heavy atom. The smallest absolute Gasteiger partial charge is 0.0262 e. The summed E-state index contributed by atoms with van der Waals surface area (Å²) >= 11 is 11.4. The lowest BCUT2D eigenvalue weighted by Crippen LogP contribution is -1.86. The van der Waals surface area contributed by atoms with Gasteiger partial charge in [-0.25, -0.2) is 0 Å². The van der Waals surface area contributed by atoms with Crippen LogP contribution in [-0.4, -0.2) is 0 Å². The fourth-order valence-corrected chi connectivity index (χ4v) is 4.80. The SMILES string of the molecule is Sc1c(Sc2cccc(-c3ccccc3)c2S)cccc1-c1ccccc1. The van der Waals surface area contributed by atoms with Crippen LogP contribution in [0.3, 0.4) is 0 Å². The van der Waals surface area contributed by atoms with Crippen LogP contribution in [0.15, 0.2) is 117 Å². The molecule has 0 aromatic heterocycles. The Balaban J connectivity index is 1.72. The van der Waals surface area contributed by atoms with Crippen LogP contribution in [0, 0.1) is 0 Å². The van der Waals surface area contributed by atoms with Crippen LogP contribution in [0.1, 0.15) is 0 Å². The molecular formula is C24H18S3. The van der Waals surface area contributed by atoms with Crippen molar-refractivity contribution in [3.8, 4) is 22.3 Å². The van der Waals surface area contributed by atoms with Crippen molar-refractivity contribution in [2.24, 2.45) is 0 Å². The summed E-state index contributed by atoms with van der Waals surface area (Å²) in [6.07, 6.45) is 0. The maximum atomic E-state index is 4.84. The minimum absolute atomic E-state index is 0.992. The lowest BCUT2D eigenvalue weighted by atomic mass is 10.1. The van der Waals surface area contributed by atoms with Crippen LogP contribution >= 0.6 is 37.0 Å². The fourth-order valence-electron chi connectivity index (χ4n) is 3.03. The van der Waals surface area contributed by atoms with Crippen LogP contribution in [-0.2, 0) is 0 Å². The molecule has 4 aromatic rings. The third-order valence-corrected chi connectivity index (χ3v) is 6.77. The molecule has 4 rings (SSSR count). The second kappa shape index (κ2) is 8.30. The van der Waals surface area contributed by atoms with Crippen molar-refractivity contribution in [2.45, 2.75) is 19.6 Å². The molecule has 0 fully saturated rings. The number of rotatable bonds is 4. The molecule has 0 bridgehead atoms. The van der Waals surface area contributed by atoms with Gasteiger partial charge in [0.25, 0.3) is 0 Å². The number of hydrogen-bond acceptors (Lipinski definition) is 3. The second-order valence-electron chi connectivity index (χ2n) is 6.14. The van der Waals surface area contributed by atoms with Crippen LogP contribution < -0.4 is 0 Å². The van der Waals surface area contributed by atoms with Crippen molar-refractivity contribution < 1.29 is 0 Å². The molecule has 132 valence electrons. The first-order valence-electron chi connectivity index (χ1n) is 8.66. The molecule has 0 aliphatic rings. The summed E-state index contributed by atoms with van der Waals surface area (Å²) in [7, 11) is 0. The second-order valence-corrected chi connectivity index (χ2v) is 8.12. The van der Waals surface area contributed by atoms with E-state index in [0.29, 0.717) is 0 Å². The van der Waals surface area contributed by atoms with Crippen molar-refractivity contribution in [3.63, 3.8) is 0 Å². The fraction of sp³-hybridized carbons (Fsp3) is 0. The molecule has 0 spiro atoms. The van der Waals surface area contributed by atoms with Crippen molar-refractivity contribution in [1.82, 2.24) is 0 Å². The van der Waals surface area contributed by atoms with Gasteiger partial charge in [-0.05, 0) is 34.4 Å². The van der Waals surface area contributed by atoms with Gasteiger partial charge in [-0.15, -0.1) is 25.3 Å². The van der Waals surface area contributed by atoms with E-state index >= 15 is 0 Å². The van der Waals surface area contributed by atoms with E-state index < -0.39 is 0 Å². The van der Waals surface area contributed by atoms with Gasteiger partial charge in [0.1, 0.15) is 0 Å². The van der Waals surface area contributed by atoms with Crippen LogP contribution in [0.5, 0.6) is 0 Å². The molecule has 4 aromatic carbocycles. The third-order valence-electron chi connectivity index (χ3n) is 4.39. The molecule has 0 nitrogen and oxygen atoms in total. The molecule has 0 atom stereocenters. The van der Waals surface area contributed by atoms with E-state index in [-0.39, 0.29) is 0 Å². The summed E-state index contributed by atoms with van der Waals surface area (Å²) in [6, 6.07) is 33.4. The summed E-state index contributed by atoms with van der Waals surface area (Å²) in [5.74, 6) is 0. The first-order valence-corrected chi connectivity index (χ1v) is 10.4. The predicted octanol–water partition coefficient (Wildman–Crippen LogP) is 7.75. The van der Waals surface area contributed by atoms with Gasteiger partial charge >= 0.3 is 0 Å². The van der Waals surface area contributed by atoms with E-state index in [1.807, 2.05) is 12.1 Å². The van der Waals surface area contributed by atoms with Crippen molar-refractivity contribution >= 4 is 37.0 Å². The molecule has 0 aliphatic heterocycles. The molecule has 27 heavy (non-hydrogen) atoms. The number of benzene rings is 4. The average Bonchev–Trinajstić information content (AvgIpc) is 2.72. The number of thiol groups is 2. The van der Waals surface area contributed by atoms with E-state index in [9.17, 15) is 0 Å². The predicted molar refractivity (Wildman–Crippen MR) is 122 cm³/mol. The lowest BCUT2D eigenvalue weighted by Gasteiger charge is -2.13. The topological polar surface area (TPSA) is 0 Å². The maximum absolute atomic E-state index is 4.84. The van der Waals surface area contributed by atoms with E-state index in [2.05, 4.69) is 84.9 Å². The molecule has 0 unspecified atom stereocenters. The lowest BCUT2D eigenvalue weighted by molar-refractivity contribution is 1.21. The van der Waals surface area contributed by atoms with Crippen LogP contribution in [0.4, 0.5) is 0 Å². The van der Waals surface area contributed by atoms with Crippen molar-refractivity contribution in [3.05, 3.63) is 97.1 Å². The highest BCUT2D eigenvalue weighted by molar-refractivity contribution is 8.00. The molecule has 0 amide bonds. The summed E-state index contributed by atoms with van der Waals surface area (Å²) < 4.78 is 0. The zero-order chi connectivity index (χ0) is 18.6. The van der Waals surface area contributed by atoms with Gasteiger partial charge in [0, 0.05) is 19.6 Å². The van der Waals surface area contributed by atoms with E-state index in [4.69, 9.17) is 25.3 Å². The minimum Gasteiger partial charge on any atom is -0.142 e. The van der Waals surface area contributed by atoms with Gasteiger partial charge < -0.3 is 0 Å². The first-order chi connectivity index (χ1) is 13.2.